The van der Waals surface area contributed by atoms with E-state index in [4.69, 9.17) is 0 Å². The fourth-order valence-corrected chi connectivity index (χ4v) is 2.28. The second kappa shape index (κ2) is 4.36. The lowest BCUT2D eigenvalue weighted by Crippen LogP contribution is -2.29. The van der Waals surface area contributed by atoms with Crippen molar-refractivity contribution < 1.29 is 16.8 Å². The van der Waals surface area contributed by atoms with E-state index in [-0.39, 0.29) is 0 Å². The number of hydrogen-bond donors (Lipinski definition) is 1. The summed E-state index contributed by atoms with van der Waals surface area (Å²) in [6.45, 7) is 0. The fourth-order valence-electron chi connectivity index (χ4n) is 0.408. The van der Waals surface area contributed by atoms with Gasteiger partial charge in [-0.05, 0) is 7.05 Å². The van der Waals surface area contributed by atoms with Crippen molar-refractivity contribution in [3.63, 3.8) is 0 Å². The van der Waals surface area contributed by atoms with Gasteiger partial charge in [0.1, 0.15) is 5.75 Å². The number of nitrogens with one attached hydrogen (secondary N) is 1. The normalized spacial score (nSPS) is 13.5. The molecule has 0 atom stereocenters. The molecular weight excluding hydrogens is 216 g/mol. The van der Waals surface area contributed by atoms with Crippen LogP contribution in [-0.2, 0) is 20.0 Å². The predicted molar refractivity (Wildman–Crippen MR) is 49.8 cm³/mol. The summed E-state index contributed by atoms with van der Waals surface area (Å²) in [4.78, 5) is 0. The quantitative estimate of drug-likeness (QED) is 0.627. The first-order valence-electron chi connectivity index (χ1n) is 3.38. The third kappa shape index (κ3) is 4.55. The van der Waals surface area contributed by atoms with Crippen molar-refractivity contribution in [2.45, 2.75) is 0 Å². The third-order valence-electron chi connectivity index (χ3n) is 1.34. The monoisotopic (exact) mass is 229 g/mol. The van der Waals surface area contributed by atoms with Gasteiger partial charge in [0.05, 0.1) is 5.75 Å². The maximum Gasteiger partial charge on any atom is 0.216 e. The second-order valence-corrected chi connectivity index (χ2v) is 6.54. The van der Waals surface area contributed by atoms with Crippen LogP contribution in [0.25, 0.3) is 0 Å². The molecule has 13 heavy (non-hydrogen) atoms. The van der Waals surface area contributed by atoms with Crippen molar-refractivity contribution in [3.05, 3.63) is 5.75 Å². The van der Waals surface area contributed by atoms with Gasteiger partial charge in [-0.25, -0.2) is 25.9 Å². The first kappa shape index (κ1) is 12.8. The van der Waals surface area contributed by atoms with Crippen LogP contribution in [0.1, 0.15) is 0 Å². The van der Waals surface area contributed by atoms with E-state index >= 15 is 0 Å². The molecule has 0 aromatic heterocycles. The first-order chi connectivity index (χ1) is 5.71. The Morgan fingerprint density at radius 3 is 2.00 bits per heavy atom. The SMILES string of the molecule is CNS(=O)(=O)[CH]CS(=O)(=O)N(C)C. The molecule has 0 unspecified atom stereocenters. The lowest BCUT2D eigenvalue weighted by molar-refractivity contribution is 0.522. The van der Waals surface area contributed by atoms with Crippen LogP contribution in [0.3, 0.4) is 0 Å². The van der Waals surface area contributed by atoms with Crippen LogP contribution in [0.2, 0.25) is 0 Å². The molecular formula is C5H13N2O4S2. The maximum absolute atomic E-state index is 11.1. The molecule has 0 aromatic carbocycles. The molecule has 0 fully saturated rings. The molecule has 1 radical (unpaired) electrons. The Kier molecular flexibility index (Phi) is 4.30. The Morgan fingerprint density at radius 2 is 1.69 bits per heavy atom. The summed E-state index contributed by atoms with van der Waals surface area (Å²) < 4.78 is 46.8. The Balaban J connectivity index is 4.37. The number of hydrogen-bond acceptors (Lipinski definition) is 4. The first-order valence-corrected chi connectivity index (χ1v) is 6.54. The minimum absolute atomic E-state index is 0.525. The number of sulfonamides is 2. The van der Waals surface area contributed by atoms with Crippen LogP contribution < -0.4 is 4.72 Å². The molecule has 79 valence electrons. The molecule has 0 spiro atoms. The van der Waals surface area contributed by atoms with Crippen molar-refractivity contribution in [2.24, 2.45) is 0 Å². The highest BCUT2D eigenvalue weighted by Crippen LogP contribution is 1.99. The van der Waals surface area contributed by atoms with E-state index in [2.05, 4.69) is 0 Å². The largest absolute Gasteiger partial charge is 0.218 e. The number of rotatable bonds is 5. The smallest absolute Gasteiger partial charge is 0.216 e. The lowest BCUT2D eigenvalue weighted by atomic mass is 11.0. The molecule has 0 bridgehead atoms. The molecule has 0 amide bonds. The van der Waals surface area contributed by atoms with Gasteiger partial charge in [-0.1, -0.05) is 0 Å². The van der Waals surface area contributed by atoms with Crippen molar-refractivity contribution in [1.29, 1.82) is 0 Å². The summed E-state index contributed by atoms with van der Waals surface area (Å²) in [5.41, 5.74) is 0. The summed E-state index contributed by atoms with van der Waals surface area (Å²) in [6, 6.07) is 0. The average Bonchev–Trinajstić information content (AvgIpc) is 2.01. The summed E-state index contributed by atoms with van der Waals surface area (Å²) in [7, 11) is -3.15. The van der Waals surface area contributed by atoms with Crippen molar-refractivity contribution in [1.82, 2.24) is 9.03 Å². The molecule has 0 saturated heterocycles. The topological polar surface area (TPSA) is 83.5 Å². The van der Waals surface area contributed by atoms with Gasteiger partial charge in [0.15, 0.2) is 0 Å². The van der Waals surface area contributed by atoms with E-state index in [1.807, 2.05) is 4.72 Å². The standard InChI is InChI=1S/C5H13N2O4S2/c1-6-12(8,9)4-5-13(10,11)7(2)3/h4,6H,5H2,1-3H3. The molecule has 0 aliphatic heterocycles. The van der Waals surface area contributed by atoms with E-state index in [9.17, 15) is 16.8 Å². The molecule has 0 rings (SSSR count). The van der Waals surface area contributed by atoms with Gasteiger partial charge in [0.25, 0.3) is 0 Å². The minimum Gasteiger partial charge on any atom is -0.218 e. The zero-order chi connectivity index (χ0) is 10.7. The highest BCUT2D eigenvalue weighted by Gasteiger charge is 2.18. The molecule has 6 nitrogen and oxygen atoms in total. The molecule has 0 aromatic rings. The van der Waals surface area contributed by atoms with Crippen LogP contribution >= 0.6 is 0 Å². The zero-order valence-electron chi connectivity index (χ0n) is 7.68. The van der Waals surface area contributed by atoms with Crippen molar-refractivity contribution >= 4 is 20.0 Å². The fraction of sp³-hybridized carbons (Fsp3) is 0.800. The lowest BCUT2D eigenvalue weighted by Gasteiger charge is -2.10. The predicted octanol–water partition coefficient (Wildman–Crippen LogP) is -1.41. The van der Waals surface area contributed by atoms with Crippen LogP contribution in [0, 0.1) is 5.75 Å². The van der Waals surface area contributed by atoms with Gasteiger partial charge in [0.2, 0.25) is 20.0 Å². The Hall–Kier alpha value is -0.180. The third-order valence-corrected chi connectivity index (χ3v) is 4.43. The van der Waals surface area contributed by atoms with Gasteiger partial charge in [-0.2, -0.15) is 0 Å². The van der Waals surface area contributed by atoms with E-state index in [1.165, 1.54) is 21.1 Å². The minimum atomic E-state index is -3.57. The van der Waals surface area contributed by atoms with E-state index in [1.54, 1.807) is 0 Å². The van der Waals surface area contributed by atoms with Crippen molar-refractivity contribution in [3.8, 4) is 0 Å². The Labute approximate surface area is 79.0 Å². The molecule has 0 aliphatic carbocycles. The van der Waals surface area contributed by atoms with Gasteiger partial charge in [0, 0.05) is 14.1 Å². The van der Waals surface area contributed by atoms with E-state index < -0.39 is 25.8 Å². The molecule has 0 heterocycles. The van der Waals surface area contributed by atoms with Gasteiger partial charge >= 0.3 is 0 Å². The van der Waals surface area contributed by atoms with E-state index in [0.717, 1.165) is 10.1 Å². The molecule has 8 heteroatoms. The van der Waals surface area contributed by atoms with Gasteiger partial charge in [-0.3, -0.25) is 0 Å². The van der Waals surface area contributed by atoms with E-state index in [0.29, 0.717) is 0 Å². The molecule has 1 N–H and O–H groups in total. The maximum atomic E-state index is 11.1. The molecule has 0 aliphatic rings. The second-order valence-electron chi connectivity index (χ2n) is 2.48. The van der Waals surface area contributed by atoms with Crippen molar-refractivity contribution in [2.75, 3.05) is 26.9 Å². The molecule has 0 saturated carbocycles. The van der Waals surface area contributed by atoms with Crippen LogP contribution in [0.15, 0.2) is 0 Å². The van der Waals surface area contributed by atoms with Gasteiger partial charge in [-0.15, -0.1) is 0 Å². The highest BCUT2D eigenvalue weighted by molar-refractivity contribution is 7.94. The summed E-state index contributed by atoms with van der Waals surface area (Å²) in [5.74, 6) is 0.200. The van der Waals surface area contributed by atoms with Crippen LogP contribution in [0.5, 0.6) is 0 Å². The zero-order valence-corrected chi connectivity index (χ0v) is 9.31. The summed E-state index contributed by atoms with van der Waals surface area (Å²) in [6.07, 6.45) is 0. The summed E-state index contributed by atoms with van der Waals surface area (Å²) >= 11 is 0. The Morgan fingerprint density at radius 1 is 1.23 bits per heavy atom. The van der Waals surface area contributed by atoms with Crippen LogP contribution in [0.4, 0.5) is 0 Å². The summed E-state index contributed by atoms with van der Waals surface area (Å²) in [5, 5.41) is 0. The Bertz CT molecular complexity index is 343. The van der Waals surface area contributed by atoms with Crippen LogP contribution in [-0.4, -0.2) is 48.0 Å². The highest BCUT2D eigenvalue weighted by atomic mass is 32.2. The van der Waals surface area contributed by atoms with Gasteiger partial charge < -0.3 is 0 Å². The average molecular weight is 229 g/mol. The number of nitrogens with zero attached hydrogens (tertiary/aromatic N) is 1.